The molecule has 4 heteroatoms. The standard InChI is InChI=1S/C10H16BrNOS/c1-10(2,13-3)6-8(12)9-7(11)4-5-14-9/h4-5,8H,6,12H2,1-3H3. The molecule has 1 atom stereocenters. The second-order valence-electron chi connectivity index (χ2n) is 3.91. The van der Waals surface area contributed by atoms with Crippen LogP contribution < -0.4 is 5.73 Å². The predicted molar refractivity (Wildman–Crippen MR) is 64.7 cm³/mol. The highest BCUT2D eigenvalue weighted by molar-refractivity contribution is 9.10. The molecular formula is C10H16BrNOS. The van der Waals surface area contributed by atoms with Gasteiger partial charge in [-0.15, -0.1) is 11.3 Å². The molecule has 80 valence electrons. The van der Waals surface area contributed by atoms with Crippen molar-refractivity contribution in [3.05, 3.63) is 20.8 Å². The van der Waals surface area contributed by atoms with Crippen molar-refractivity contribution >= 4 is 27.3 Å². The zero-order chi connectivity index (χ0) is 10.8. The SMILES string of the molecule is COC(C)(C)CC(N)c1sccc1Br. The smallest absolute Gasteiger partial charge is 0.0641 e. The number of nitrogens with two attached hydrogens (primary N) is 1. The van der Waals surface area contributed by atoms with E-state index in [4.69, 9.17) is 10.5 Å². The molecule has 0 aliphatic heterocycles. The fourth-order valence-corrected chi connectivity index (χ4v) is 2.95. The molecule has 0 saturated carbocycles. The maximum Gasteiger partial charge on any atom is 0.0641 e. The third-order valence-corrected chi connectivity index (χ3v) is 4.25. The number of halogens is 1. The van der Waals surface area contributed by atoms with Crippen molar-refractivity contribution in [1.82, 2.24) is 0 Å². The Hall–Kier alpha value is 0.100. The number of rotatable bonds is 4. The van der Waals surface area contributed by atoms with Crippen molar-refractivity contribution < 1.29 is 4.74 Å². The van der Waals surface area contributed by atoms with Crippen LogP contribution >= 0.6 is 27.3 Å². The largest absolute Gasteiger partial charge is 0.379 e. The summed E-state index contributed by atoms with van der Waals surface area (Å²) >= 11 is 5.17. The number of thiophene rings is 1. The van der Waals surface area contributed by atoms with E-state index in [0.29, 0.717) is 0 Å². The normalized spacial score (nSPS) is 14.4. The predicted octanol–water partition coefficient (Wildman–Crippen LogP) is 3.33. The zero-order valence-electron chi connectivity index (χ0n) is 8.71. The molecule has 0 radical (unpaired) electrons. The Morgan fingerprint density at radius 3 is 2.71 bits per heavy atom. The summed E-state index contributed by atoms with van der Waals surface area (Å²) in [6, 6.07) is 2.07. The molecular weight excluding hydrogens is 262 g/mol. The summed E-state index contributed by atoms with van der Waals surface area (Å²) < 4.78 is 6.45. The van der Waals surface area contributed by atoms with Gasteiger partial charge in [0.15, 0.2) is 0 Å². The first kappa shape index (κ1) is 12.2. The van der Waals surface area contributed by atoms with Gasteiger partial charge in [-0.05, 0) is 47.6 Å². The van der Waals surface area contributed by atoms with Gasteiger partial charge in [-0.25, -0.2) is 0 Å². The molecule has 1 aromatic heterocycles. The van der Waals surface area contributed by atoms with Gasteiger partial charge in [0, 0.05) is 22.5 Å². The maximum atomic E-state index is 6.10. The van der Waals surface area contributed by atoms with E-state index in [1.54, 1.807) is 18.4 Å². The Morgan fingerprint density at radius 1 is 1.64 bits per heavy atom. The lowest BCUT2D eigenvalue weighted by atomic mass is 9.98. The molecule has 0 spiro atoms. The van der Waals surface area contributed by atoms with Crippen LogP contribution in [0.15, 0.2) is 15.9 Å². The van der Waals surface area contributed by atoms with E-state index in [2.05, 4.69) is 15.9 Å². The van der Waals surface area contributed by atoms with Crippen molar-refractivity contribution in [2.75, 3.05) is 7.11 Å². The summed E-state index contributed by atoms with van der Waals surface area (Å²) in [5.41, 5.74) is 5.94. The minimum absolute atomic E-state index is 0.0410. The Labute approximate surface area is 97.6 Å². The van der Waals surface area contributed by atoms with E-state index < -0.39 is 0 Å². The molecule has 1 unspecified atom stereocenters. The first-order valence-electron chi connectivity index (χ1n) is 4.50. The Kier molecular flexibility index (Phi) is 4.13. The van der Waals surface area contributed by atoms with E-state index in [0.717, 1.165) is 10.9 Å². The topological polar surface area (TPSA) is 35.2 Å². The highest BCUT2D eigenvalue weighted by Crippen LogP contribution is 2.32. The summed E-state index contributed by atoms with van der Waals surface area (Å²) in [5, 5.41) is 2.04. The van der Waals surface area contributed by atoms with Crippen molar-refractivity contribution in [3.8, 4) is 0 Å². The van der Waals surface area contributed by atoms with E-state index >= 15 is 0 Å². The lowest BCUT2D eigenvalue weighted by molar-refractivity contribution is 0.0102. The number of ether oxygens (including phenoxy) is 1. The zero-order valence-corrected chi connectivity index (χ0v) is 11.1. The first-order valence-corrected chi connectivity index (χ1v) is 6.17. The van der Waals surface area contributed by atoms with Crippen LogP contribution in [0.25, 0.3) is 0 Å². The van der Waals surface area contributed by atoms with Crippen LogP contribution in [0.3, 0.4) is 0 Å². The van der Waals surface area contributed by atoms with Gasteiger partial charge in [-0.1, -0.05) is 0 Å². The number of hydrogen-bond donors (Lipinski definition) is 1. The summed E-state index contributed by atoms with van der Waals surface area (Å²) in [7, 11) is 1.72. The van der Waals surface area contributed by atoms with Gasteiger partial charge < -0.3 is 10.5 Å². The Morgan fingerprint density at radius 2 is 2.29 bits per heavy atom. The maximum absolute atomic E-state index is 6.10. The molecule has 0 aliphatic carbocycles. The molecule has 1 rings (SSSR count). The van der Waals surface area contributed by atoms with Gasteiger partial charge in [0.25, 0.3) is 0 Å². The monoisotopic (exact) mass is 277 g/mol. The van der Waals surface area contributed by atoms with Gasteiger partial charge in [0.05, 0.1) is 5.60 Å². The van der Waals surface area contributed by atoms with Crippen LogP contribution in [0, 0.1) is 0 Å². The molecule has 0 amide bonds. The molecule has 0 saturated heterocycles. The quantitative estimate of drug-likeness (QED) is 0.917. The first-order chi connectivity index (χ1) is 6.46. The lowest BCUT2D eigenvalue weighted by Gasteiger charge is -2.26. The third-order valence-electron chi connectivity index (χ3n) is 2.25. The number of hydrogen-bond acceptors (Lipinski definition) is 3. The highest BCUT2D eigenvalue weighted by atomic mass is 79.9. The van der Waals surface area contributed by atoms with E-state index in [-0.39, 0.29) is 11.6 Å². The fourth-order valence-electron chi connectivity index (χ4n) is 1.28. The van der Waals surface area contributed by atoms with Crippen LogP contribution in [0.1, 0.15) is 31.2 Å². The summed E-state index contributed by atoms with van der Waals surface area (Å²) in [4.78, 5) is 1.19. The summed E-state index contributed by atoms with van der Waals surface area (Å²) in [5.74, 6) is 0. The van der Waals surface area contributed by atoms with Crippen LogP contribution in [0.4, 0.5) is 0 Å². The average Bonchev–Trinajstić information content (AvgIpc) is 2.51. The van der Waals surface area contributed by atoms with Gasteiger partial charge in [-0.2, -0.15) is 0 Å². The highest BCUT2D eigenvalue weighted by Gasteiger charge is 2.23. The molecule has 2 nitrogen and oxygen atoms in total. The van der Waals surface area contributed by atoms with Gasteiger partial charge in [0.1, 0.15) is 0 Å². The number of methoxy groups -OCH3 is 1. The van der Waals surface area contributed by atoms with E-state index in [1.165, 1.54) is 4.88 Å². The summed E-state index contributed by atoms with van der Waals surface area (Å²) in [6.07, 6.45) is 0.822. The summed E-state index contributed by atoms with van der Waals surface area (Å²) in [6.45, 7) is 4.10. The van der Waals surface area contributed by atoms with Crippen LogP contribution in [0.2, 0.25) is 0 Å². The van der Waals surface area contributed by atoms with Crippen molar-refractivity contribution in [2.45, 2.75) is 31.9 Å². The van der Waals surface area contributed by atoms with Crippen LogP contribution in [-0.4, -0.2) is 12.7 Å². The molecule has 0 aromatic carbocycles. The van der Waals surface area contributed by atoms with Crippen molar-refractivity contribution in [2.24, 2.45) is 5.73 Å². The minimum atomic E-state index is -0.164. The van der Waals surface area contributed by atoms with Gasteiger partial charge >= 0.3 is 0 Å². The second-order valence-corrected chi connectivity index (χ2v) is 5.71. The molecule has 1 aromatic rings. The molecule has 0 bridgehead atoms. The lowest BCUT2D eigenvalue weighted by Crippen LogP contribution is -2.28. The van der Waals surface area contributed by atoms with E-state index in [1.807, 2.05) is 25.3 Å². The Bertz CT molecular complexity index is 298. The molecule has 14 heavy (non-hydrogen) atoms. The van der Waals surface area contributed by atoms with Gasteiger partial charge in [-0.3, -0.25) is 0 Å². The molecule has 1 heterocycles. The molecule has 0 fully saturated rings. The third kappa shape index (κ3) is 3.05. The van der Waals surface area contributed by atoms with Crippen LogP contribution in [-0.2, 0) is 4.74 Å². The Balaban J connectivity index is 2.68. The van der Waals surface area contributed by atoms with E-state index in [9.17, 15) is 0 Å². The molecule has 0 aliphatic rings. The molecule has 2 N–H and O–H groups in total. The van der Waals surface area contributed by atoms with Crippen LogP contribution in [0.5, 0.6) is 0 Å². The van der Waals surface area contributed by atoms with Crippen molar-refractivity contribution in [3.63, 3.8) is 0 Å². The minimum Gasteiger partial charge on any atom is -0.379 e. The fraction of sp³-hybridized carbons (Fsp3) is 0.600. The van der Waals surface area contributed by atoms with Crippen molar-refractivity contribution in [1.29, 1.82) is 0 Å². The average molecular weight is 278 g/mol. The van der Waals surface area contributed by atoms with Gasteiger partial charge in [0.2, 0.25) is 0 Å². The second kappa shape index (κ2) is 4.75.